The van der Waals surface area contributed by atoms with Crippen molar-refractivity contribution in [3.63, 3.8) is 0 Å². The minimum atomic E-state index is -0.807. The van der Waals surface area contributed by atoms with Gasteiger partial charge >= 0.3 is 5.97 Å². The lowest BCUT2D eigenvalue weighted by Crippen LogP contribution is -2.08. The second kappa shape index (κ2) is 7.89. The van der Waals surface area contributed by atoms with Gasteiger partial charge in [-0.05, 0) is 24.5 Å². The first kappa shape index (κ1) is 16.4. The Morgan fingerprint density at radius 3 is 2.22 bits per heavy atom. The Bertz CT molecular complexity index is 693. The van der Waals surface area contributed by atoms with Crippen LogP contribution in [0, 0.1) is 5.53 Å². The molecule has 1 aromatic rings. The van der Waals surface area contributed by atoms with E-state index in [0.717, 1.165) is 0 Å². The van der Waals surface area contributed by atoms with Gasteiger partial charge in [0.25, 0.3) is 0 Å². The van der Waals surface area contributed by atoms with Gasteiger partial charge in [0.05, 0.1) is 6.61 Å². The molecule has 2 aliphatic carbocycles. The number of rotatable bonds is 4. The van der Waals surface area contributed by atoms with Crippen molar-refractivity contribution in [1.29, 1.82) is 5.53 Å². The van der Waals surface area contributed by atoms with Gasteiger partial charge in [-0.3, -0.25) is 0 Å². The maximum atomic E-state index is 11.3. The molecular formula is C18H18N2O3. The first-order valence-electron chi connectivity index (χ1n) is 7.26. The fourth-order valence-electron chi connectivity index (χ4n) is 2.14. The lowest BCUT2D eigenvalue weighted by Gasteiger charge is -2.04. The summed E-state index contributed by atoms with van der Waals surface area (Å²) in [5.41, 5.74) is 9.81. The summed E-state index contributed by atoms with van der Waals surface area (Å²) in [6.45, 7) is 1.80. The molecule has 0 aromatic heterocycles. The number of nitrogens with one attached hydrogen (secondary N) is 1. The molecule has 2 bridgehead atoms. The van der Waals surface area contributed by atoms with Crippen LogP contribution >= 0.6 is 0 Å². The van der Waals surface area contributed by atoms with E-state index in [4.69, 9.17) is 5.53 Å². The van der Waals surface area contributed by atoms with Crippen LogP contribution in [0.25, 0.3) is 5.76 Å². The maximum absolute atomic E-state index is 11.3. The fraction of sp³-hybridized carbons (Fsp3) is 0.167. The Hall–Kier alpha value is -2.95. The number of carbonyl (C=O) groups excluding carboxylic acids is 1. The molecule has 3 rings (SSSR count). The quantitative estimate of drug-likeness (QED) is 0.376. The van der Waals surface area contributed by atoms with Crippen molar-refractivity contribution in [2.45, 2.75) is 13.3 Å². The number of fused-ring (bicyclic) bond motifs is 2. The van der Waals surface area contributed by atoms with E-state index in [2.05, 4.69) is 34.2 Å². The minimum Gasteiger partial charge on any atom is -0.505 e. The van der Waals surface area contributed by atoms with E-state index in [1.807, 2.05) is 0 Å². The predicted molar refractivity (Wildman–Crippen MR) is 87.7 cm³/mol. The zero-order chi connectivity index (χ0) is 16.7. The molecule has 0 unspecified atom stereocenters. The van der Waals surface area contributed by atoms with Gasteiger partial charge in [-0.2, -0.15) is 0 Å². The monoisotopic (exact) mass is 310 g/mol. The summed E-state index contributed by atoms with van der Waals surface area (Å²) in [5, 5.41) is 12.7. The SMILES string of the molecule is C1=CC2=CC=C1C2.CCOC(=O)C(N=N)=C(O)c1ccccc1. The standard InChI is InChI=1S/C11H12N2O3.C7H6/c1-2-16-11(15)9(13-12)10(14)8-6-4-3-5-7-8;1-2-7-4-3-6(1)5-7/h3-7,12,14H,2H2,1H3;1-4H,5H2. The molecule has 0 heterocycles. The van der Waals surface area contributed by atoms with Gasteiger partial charge in [0.2, 0.25) is 5.70 Å². The van der Waals surface area contributed by atoms with Crippen molar-refractivity contribution in [1.82, 2.24) is 0 Å². The summed E-state index contributed by atoms with van der Waals surface area (Å²) >= 11 is 0. The molecule has 118 valence electrons. The number of ether oxygens (including phenoxy) is 1. The summed E-state index contributed by atoms with van der Waals surface area (Å²) in [6, 6.07) is 8.41. The van der Waals surface area contributed by atoms with E-state index in [0.29, 0.717) is 5.56 Å². The molecule has 0 spiro atoms. The number of hydrogen-bond donors (Lipinski definition) is 2. The Morgan fingerprint density at radius 1 is 1.22 bits per heavy atom. The number of benzene rings is 1. The van der Waals surface area contributed by atoms with Crippen LogP contribution < -0.4 is 0 Å². The number of aliphatic hydroxyl groups excluding tert-OH is 1. The van der Waals surface area contributed by atoms with Crippen molar-refractivity contribution >= 4 is 11.7 Å². The first-order chi connectivity index (χ1) is 11.2. The zero-order valence-corrected chi connectivity index (χ0v) is 12.8. The molecule has 0 fully saturated rings. The van der Waals surface area contributed by atoms with Gasteiger partial charge in [-0.1, -0.05) is 54.6 Å². The molecule has 0 saturated heterocycles. The van der Waals surface area contributed by atoms with Gasteiger partial charge in [-0.25, -0.2) is 10.3 Å². The molecule has 5 nitrogen and oxygen atoms in total. The van der Waals surface area contributed by atoms with Crippen LogP contribution in [0.1, 0.15) is 18.9 Å². The molecule has 1 aromatic carbocycles. The van der Waals surface area contributed by atoms with Crippen molar-refractivity contribution < 1.29 is 14.6 Å². The highest BCUT2D eigenvalue weighted by molar-refractivity contribution is 5.95. The number of allylic oxidation sites excluding steroid dienone is 6. The summed E-state index contributed by atoms with van der Waals surface area (Å²) in [7, 11) is 0. The number of aliphatic hydroxyl groups is 1. The Balaban J connectivity index is 0.000000223. The zero-order valence-electron chi connectivity index (χ0n) is 12.8. The highest BCUT2D eigenvalue weighted by Crippen LogP contribution is 2.27. The van der Waals surface area contributed by atoms with Crippen molar-refractivity contribution in [3.8, 4) is 0 Å². The summed E-state index contributed by atoms with van der Waals surface area (Å²) in [6.07, 6.45) is 9.90. The Labute approximate surface area is 134 Å². The smallest absolute Gasteiger partial charge is 0.362 e. The molecular weight excluding hydrogens is 292 g/mol. The normalized spacial score (nSPS) is 15.0. The van der Waals surface area contributed by atoms with E-state index < -0.39 is 11.7 Å². The van der Waals surface area contributed by atoms with Crippen LogP contribution in [0.3, 0.4) is 0 Å². The van der Waals surface area contributed by atoms with E-state index in [-0.39, 0.29) is 12.4 Å². The van der Waals surface area contributed by atoms with Gasteiger partial charge in [0.15, 0.2) is 5.76 Å². The summed E-state index contributed by atoms with van der Waals surface area (Å²) < 4.78 is 4.67. The van der Waals surface area contributed by atoms with Crippen LogP contribution in [-0.2, 0) is 9.53 Å². The second-order valence-electron chi connectivity index (χ2n) is 4.89. The first-order valence-corrected chi connectivity index (χ1v) is 7.26. The second-order valence-corrected chi connectivity index (χ2v) is 4.89. The highest BCUT2D eigenvalue weighted by Gasteiger charge is 2.17. The summed E-state index contributed by atoms with van der Waals surface area (Å²) in [4.78, 5) is 11.3. The molecule has 0 radical (unpaired) electrons. The van der Waals surface area contributed by atoms with Crippen molar-refractivity contribution in [3.05, 3.63) is 77.0 Å². The maximum Gasteiger partial charge on any atom is 0.362 e. The van der Waals surface area contributed by atoms with E-state index in [1.165, 1.54) is 17.6 Å². The molecule has 5 heteroatoms. The van der Waals surface area contributed by atoms with Crippen molar-refractivity contribution in [2.24, 2.45) is 5.11 Å². The van der Waals surface area contributed by atoms with Crippen LogP contribution in [0.2, 0.25) is 0 Å². The molecule has 23 heavy (non-hydrogen) atoms. The lowest BCUT2D eigenvalue weighted by atomic mass is 10.1. The summed E-state index contributed by atoms with van der Waals surface area (Å²) in [5.74, 6) is -1.16. The minimum absolute atomic E-state index is 0.167. The number of hydrogen-bond acceptors (Lipinski definition) is 5. The predicted octanol–water partition coefficient (Wildman–Crippen LogP) is 4.32. The lowest BCUT2D eigenvalue weighted by molar-refractivity contribution is -0.138. The van der Waals surface area contributed by atoms with Gasteiger partial charge in [0, 0.05) is 5.56 Å². The molecule has 2 N–H and O–H groups in total. The Kier molecular flexibility index (Phi) is 5.63. The van der Waals surface area contributed by atoms with Gasteiger partial charge in [-0.15, -0.1) is 5.11 Å². The third kappa shape index (κ3) is 4.26. The van der Waals surface area contributed by atoms with Crippen LogP contribution in [-0.4, -0.2) is 17.7 Å². The topological polar surface area (TPSA) is 82.7 Å². The van der Waals surface area contributed by atoms with E-state index in [1.54, 1.807) is 37.3 Å². The molecule has 0 atom stereocenters. The van der Waals surface area contributed by atoms with Crippen LogP contribution in [0.4, 0.5) is 0 Å². The third-order valence-electron chi connectivity index (χ3n) is 3.28. The Morgan fingerprint density at radius 2 is 1.83 bits per heavy atom. The van der Waals surface area contributed by atoms with Gasteiger partial charge in [0.1, 0.15) is 0 Å². The molecule has 2 aliphatic rings. The third-order valence-corrected chi connectivity index (χ3v) is 3.28. The van der Waals surface area contributed by atoms with E-state index >= 15 is 0 Å². The number of nitrogens with zero attached hydrogens (tertiary/aromatic N) is 1. The van der Waals surface area contributed by atoms with Crippen molar-refractivity contribution in [2.75, 3.05) is 6.61 Å². The van der Waals surface area contributed by atoms with Crippen LogP contribution in [0.15, 0.2) is 76.6 Å². The highest BCUT2D eigenvalue weighted by atomic mass is 16.5. The molecule has 0 aliphatic heterocycles. The fourth-order valence-corrected chi connectivity index (χ4v) is 2.14. The van der Waals surface area contributed by atoms with Crippen LogP contribution in [0.5, 0.6) is 0 Å². The number of carbonyl (C=O) groups is 1. The van der Waals surface area contributed by atoms with Gasteiger partial charge < -0.3 is 9.84 Å². The number of esters is 1. The average molecular weight is 310 g/mol. The van der Waals surface area contributed by atoms with E-state index in [9.17, 15) is 9.90 Å². The molecule has 0 saturated carbocycles. The molecule has 0 amide bonds. The average Bonchev–Trinajstić information content (AvgIpc) is 3.23. The largest absolute Gasteiger partial charge is 0.505 e.